The Morgan fingerprint density at radius 2 is 2.19 bits per heavy atom. The summed E-state index contributed by atoms with van der Waals surface area (Å²) in [4.78, 5) is 12.2. The molecular weight excluding hydrogens is 372 g/mol. The molecule has 0 spiro atoms. The number of anilines is 1. The normalized spacial score (nSPS) is 13.7. The monoisotopic (exact) mass is 392 g/mol. The zero-order chi connectivity index (χ0) is 18.4. The first-order valence-corrected chi connectivity index (χ1v) is 9.96. The molecule has 7 nitrogen and oxygen atoms in total. The summed E-state index contributed by atoms with van der Waals surface area (Å²) in [5.41, 5.74) is 0.972. The molecule has 9 heteroatoms. The summed E-state index contributed by atoms with van der Waals surface area (Å²) in [6, 6.07) is 5.60. The smallest absolute Gasteiger partial charge is 0.230 e. The van der Waals surface area contributed by atoms with E-state index in [4.69, 9.17) is 9.47 Å². The number of carbonyl (C=O) groups is 1. The van der Waals surface area contributed by atoms with Gasteiger partial charge in [0.2, 0.25) is 11.0 Å². The van der Waals surface area contributed by atoms with Crippen molar-refractivity contribution in [3.05, 3.63) is 36.4 Å². The predicted octanol–water partition coefficient (Wildman–Crippen LogP) is 2.88. The summed E-state index contributed by atoms with van der Waals surface area (Å²) >= 11 is 2.78. The Labute approximate surface area is 160 Å². The molecule has 2 aromatic rings. The van der Waals surface area contributed by atoms with E-state index in [1.807, 2.05) is 25.1 Å². The molecule has 138 valence electrons. The average molecular weight is 393 g/mol. The molecule has 3 rings (SSSR count). The highest BCUT2D eigenvalue weighted by molar-refractivity contribution is 8.01. The van der Waals surface area contributed by atoms with Gasteiger partial charge in [0, 0.05) is 6.54 Å². The number of aromatic nitrogens is 2. The zero-order valence-electron chi connectivity index (χ0n) is 14.4. The molecule has 1 amide bonds. The molecule has 1 aromatic heterocycles. The predicted molar refractivity (Wildman–Crippen MR) is 103 cm³/mol. The maximum absolute atomic E-state index is 12.2. The third-order valence-electron chi connectivity index (χ3n) is 3.57. The second kappa shape index (κ2) is 8.91. The quantitative estimate of drug-likeness (QED) is 0.528. The number of nitrogens with zero attached hydrogens (tertiary/aromatic N) is 2. The molecule has 2 N–H and O–H groups in total. The first-order chi connectivity index (χ1) is 12.7. The minimum absolute atomic E-state index is 0.0619. The lowest BCUT2D eigenvalue weighted by Crippen LogP contribution is -2.28. The summed E-state index contributed by atoms with van der Waals surface area (Å²) in [5, 5.41) is 14.8. The minimum atomic E-state index is -0.127. The lowest BCUT2D eigenvalue weighted by atomic mass is 10.1. The molecule has 0 radical (unpaired) electrons. The van der Waals surface area contributed by atoms with Crippen molar-refractivity contribution >= 4 is 34.1 Å². The molecule has 1 aliphatic rings. The van der Waals surface area contributed by atoms with Gasteiger partial charge in [0.1, 0.15) is 13.2 Å². The van der Waals surface area contributed by atoms with Crippen LogP contribution < -0.4 is 20.1 Å². The molecule has 0 saturated heterocycles. The molecular formula is C17H20N4O3S2. The van der Waals surface area contributed by atoms with Gasteiger partial charge in [0.05, 0.1) is 11.8 Å². The van der Waals surface area contributed by atoms with E-state index in [-0.39, 0.29) is 17.7 Å². The summed E-state index contributed by atoms with van der Waals surface area (Å²) in [6.07, 6.45) is 1.75. The minimum Gasteiger partial charge on any atom is -0.486 e. The number of hydrogen-bond donors (Lipinski definition) is 2. The fourth-order valence-electron chi connectivity index (χ4n) is 2.32. The van der Waals surface area contributed by atoms with E-state index in [0.29, 0.717) is 19.8 Å². The maximum Gasteiger partial charge on any atom is 0.230 e. The fourth-order valence-corrected chi connectivity index (χ4v) is 3.89. The van der Waals surface area contributed by atoms with Crippen LogP contribution >= 0.6 is 23.1 Å². The number of carbonyl (C=O) groups excluding carboxylic acids is 1. The Hall–Kier alpha value is -2.26. The Morgan fingerprint density at radius 3 is 3.00 bits per heavy atom. The highest BCUT2D eigenvalue weighted by atomic mass is 32.2. The van der Waals surface area contributed by atoms with Crippen LogP contribution in [-0.4, -0.2) is 41.6 Å². The van der Waals surface area contributed by atoms with Gasteiger partial charge >= 0.3 is 0 Å². The number of fused-ring (bicyclic) bond motifs is 1. The summed E-state index contributed by atoms with van der Waals surface area (Å²) in [7, 11) is 0. The van der Waals surface area contributed by atoms with Crippen molar-refractivity contribution in [3.63, 3.8) is 0 Å². The van der Waals surface area contributed by atoms with Crippen molar-refractivity contribution < 1.29 is 14.3 Å². The van der Waals surface area contributed by atoms with Crippen molar-refractivity contribution in [1.82, 2.24) is 15.5 Å². The Balaban J connectivity index is 1.49. The number of amides is 1. The van der Waals surface area contributed by atoms with Gasteiger partial charge in [-0.15, -0.1) is 16.8 Å². The topological polar surface area (TPSA) is 85.4 Å². The van der Waals surface area contributed by atoms with Gasteiger partial charge in [-0.1, -0.05) is 35.2 Å². The van der Waals surface area contributed by atoms with Gasteiger partial charge in [-0.05, 0) is 24.6 Å². The van der Waals surface area contributed by atoms with Crippen molar-refractivity contribution in [3.8, 4) is 11.5 Å². The number of thioether (sulfide) groups is 1. The lowest BCUT2D eigenvalue weighted by Gasteiger charge is -2.21. The van der Waals surface area contributed by atoms with Crippen LogP contribution in [0.3, 0.4) is 0 Å². The summed E-state index contributed by atoms with van der Waals surface area (Å²) < 4.78 is 11.9. The second-order valence-electron chi connectivity index (χ2n) is 5.52. The van der Waals surface area contributed by atoms with Crippen molar-refractivity contribution in [2.45, 2.75) is 17.3 Å². The molecule has 0 saturated carbocycles. The highest BCUT2D eigenvalue weighted by Crippen LogP contribution is 2.32. The Kier molecular flexibility index (Phi) is 6.35. The van der Waals surface area contributed by atoms with Crippen LogP contribution in [0.5, 0.6) is 11.5 Å². The number of nitrogens with one attached hydrogen (secondary N) is 2. The number of hydrogen-bond acceptors (Lipinski definition) is 8. The molecule has 0 fully saturated rings. The van der Waals surface area contributed by atoms with E-state index in [0.717, 1.165) is 26.5 Å². The zero-order valence-corrected chi connectivity index (χ0v) is 16.0. The van der Waals surface area contributed by atoms with Crippen LogP contribution in [0.1, 0.15) is 18.5 Å². The van der Waals surface area contributed by atoms with Crippen LogP contribution in [-0.2, 0) is 4.79 Å². The van der Waals surface area contributed by atoms with E-state index in [1.165, 1.54) is 23.1 Å². The summed E-state index contributed by atoms with van der Waals surface area (Å²) in [6.45, 7) is 7.31. The molecule has 26 heavy (non-hydrogen) atoms. The molecule has 1 aliphatic heterocycles. The van der Waals surface area contributed by atoms with Gasteiger partial charge in [0.25, 0.3) is 0 Å². The van der Waals surface area contributed by atoms with Gasteiger partial charge < -0.3 is 20.1 Å². The highest BCUT2D eigenvalue weighted by Gasteiger charge is 2.16. The van der Waals surface area contributed by atoms with E-state index >= 15 is 0 Å². The number of benzene rings is 1. The molecule has 0 bridgehead atoms. The van der Waals surface area contributed by atoms with Crippen LogP contribution in [0.4, 0.5) is 5.13 Å². The van der Waals surface area contributed by atoms with E-state index in [1.54, 1.807) is 6.08 Å². The lowest BCUT2D eigenvalue weighted by molar-refractivity contribution is -0.119. The van der Waals surface area contributed by atoms with Crippen LogP contribution in [0, 0.1) is 0 Å². The van der Waals surface area contributed by atoms with Crippen molar-refractivity contribution in [1.29, 1.82) is 0 Å². The SMILES string of the molecule is C=CCNc1nnc(SCC(=O)N[C@@H](C)c2ccc3c(c2)OCCO3)s1. The molecule has 0 aliphatic carbocycles. The van der Waals surface area contributed by atoms with Gasteiger partial charge in [-0.2, -0.15) is 0 Å². The molecule has 0 unspecified atom stereocenters. The maximum atomic E-state index is 12.2. The molecule has 1 aromatic carbocycles. The van der Waals surface area contributed by atoms with Gasteiger partial charge in [-0.25, -0.2) is 0 Å². The Bertz CT molecular complexity index is 781. The third-order valence-corrected chi connectivity index (χ3v) is 5.59. The molecule has 1 atom stereocenters. The summed E-state index contributed by atoms with van der Waals surface area (Å²) in [5.74, 6) is 1.68. The Morgan fingerprint density at radius 1 is 1.38 bits per heavy atom. The van der Waals surface area contributed by atoms with E-state index in [2.05, 4.69) is 27.4 Å². The molecule has 2 heterocycles. The third kappa shape index (κ3) is 4.89. The van der Waals surface area contributed by atoms with Crippen LogP contribution in [0.15, 0.2) is 35.2 Å². The van der Waals surface area contributed by atoms with E-state index in [9.17, 15) is 4.79 Å². The number of rotatable bonds is 8. The van der Waals surface area contributed by atoms with E-state index < -0.39 is 0 Å². The number of ether oxygens (including phenoxy) is 2. The second-order valence-corrected chi connectivity index (χ2v) is 7.72. The largest absolute Gasteiger partial charge is 0.486 e. The first kappa shape index (κ1) is 18.5. The first-order valence-electron chi connectivity index (χ1n) is 8.15. The van der Waals surface area contributed by atoms with Crippen LogP contribution in [0.25, 0.3) is 0 Å². The van der Waals surface area contributed by atoms with Gasteiger partial charge in [-0.3, -0.25) is 4.79 Å². The van der Waals surface area contributed by atoms with Crippen molar-refractivity contribution in [2.75, 3.05) is 30.8 Å². The van der Waals surface area contributed by atoms with Crippen LogP contribution in [0.2, 0.25) is 0 Å². The van der Waals surface area contributed by atoms with Gasteiger partial charge in [0.15, 0.2) is 15.8 Å². The fraction of sp³-hybridized carbons (Fsp3) is 0.353. The standard InChI is InChI=1S/C17H20N4O3S2/c1-3-6-18-16-20-21-17(26-16)25-10-15(22)19-11(2)12-4-5-13-14(9-12)24-8-7-23-13/h3-5,9,11H,1,6-8,10H2,2H3,(H,18,20)(H,19,22)/t11-/m0/s1. The van der Waals surface area contributed by atoms with Crippen molar-refractivity contribution in [2.24, 2.45) is 0 Å². The average Bonchev–Trinajstić information content (AvgIpc) is 3.12.